The summed E-state index contributed by atoms with van der Waals surface area (Å²) in [6, 6.07) is 12.5. The number of carbonyl (C=O) groups is 1. The third kappa shape index (κ3) is 6.93. The Morgan fingerprint density at radius 2 is 1.74 bits per heavy atom. The van der Waals surface area contributed by atoms with Gasteiger partial charge in [0.05, 0.1) is 5.56 Å². The quantitative estimate of drug-likeness (QED) is 0.494. The number of hydrogen-bond acceptors (Lipinski definition) is 6. The minimum atomic E-state index is -4.44. The molecule has 2 N–H and O–H groups in total. The molecule has 0 aliphatic carbocycles. The van der Waals surface area contributed by atoms with E-state index in [-0.39, 0.29) is 11.7 Å². The van der Waals surface area contributed by atoms with Gasteiger partial charge >= 0.3 is 6.18 Å². The molecular weight excluding hydrogens is 495 g/mol. The lowest BCUT2D eigenvalue weighted by atomic mass is 9.90. The Morgan fingerprint density at radius 3 is 2.37 bits per heavy atom. The van der Waals surface area contributed by atoms with Crippen molar-refractivity contribution in [3.63, 3.8) is 0 Å². The average molecular weight is 530 g/mol. The van der Waals surface area contributed by atoms with Crippen LogP contribution in [0.3, 0.4) is 0 Å². The normalized spacial score (nSPS) is 21.4. The molecular formula is C28H34F3N5O2. The van der Waals surface area contributed by atoms with E-state index in [4.69, 9.17) is 10.1 Å². The number of benzene rings is 2. The van der Waals surface area contributed by atoms with Crippen molar-refractivity contribution in [2.45, 2.75) is 31.2 Å². The summed E-state index contributed by atoms with van der Waals surface area (Å²) in [5.41, 5.74) is 0.0490. The highest BCUT2D eigenvalue weighted by molar-refractivity contribution is 5.86. The molecule has 4 rings (SSSR count). The highest BCUT2D eigenvalue weighted by atomic mass is 19.4. The number of likely N-dealkylation sites (N-methyl/N-ethyl adjacent to an activating group) is 1. The van der Waals surface area contributed by atoms with Gasteiger partial charge in [-0.3, -0.25) is 9.69 Å². The number of amides is 1. The lowest BCUT2D eigenvalue weighted by Crippen LogP contribution is -2.63. The van der Waals surface area contributed by atoms with E-state index in [0.29, 0.717) is 32.6 Å². The smallest absolute Gasteiger partial charge is 0.416 e. The van der Waals surface area contributed by atoms with Crippen LogP contribution in [0, 0.1) is 5.41 Å². The van der Waals surface area contributed by atoms with Crippen LogP contribution >= 0.6 is 0 Å². The fourth-order valence-electron chi connectivity index (χ4n) is 4.94. The molecule has 2 aliphatic heterocycles. The molecule has 204 valence electrons. The second-order valence-electron chi connectivity index (χ2n) is 9.90. The molecule has 2 aromatic carbocycles. The van der Waals surface area contributed by atoms with E-state index in [9.17, 15) is 18.0 Å². The van der Waals surface area contributed by atoms with E-state index in [1.54, 1.807) is 12.3 Å². The summed E-state index contributed by atoms with van der Waals surface area (Å²) < 4.78 is 45.6. The number of likely N-dealkylation sites (tertiary alicyclic amines) is 1. The minimum Gasteiger partial charge on any atom is -0.476 e. The van der Waals surface area contributed by atoms with Crippen LogP contribution in [0.4, 0.5) is 18.9 Å². The number of piperazine rings is 1. The number of hydrogen-bond donors (Lipinski definition) is 2. The number of nitrogens with one attached hydrogen (secondary N) is 2. The predicted octanol–water partition coefficient (Wildman–Crippen LogP) is 4.47. The molecule has 1 atom stereocenters. The van der Waals surface area contributed by atoms with E-state index >= 15 is 0 Å². The maximum absolute atomic E-state index is 13.9. The number of carbonyl (C=O) groups excluding carboxylic acids is 1. The fraction of sp³-hybridized carbons (Fsp3) is 0.429. The predicted molar refractivity (Wildman–Crippen MR) is 141 cm³/mol. The summed E-state index contributed by atoms with van der Waals surface area (Å²) >= 11 is 0. The molecule has 2 aliphatic rings. The van der Waals surface area contributed by atoms with Crippen LogP contribution in [0.15, 0.2) is 60.8 Å². The molecule has 1 unspecified atom stereocenters. The van der Waals surface area contributed by atoms with Gasteiger partial charge in [-0.25, -0.2) is 0 Å². The Hall–Kier alpha value is -3.37. The van der Waals surface area contributed by atoms with Crippen LogP contribution in [-0.4, -0.2) is 78.7 Å². The molecule has 1 amide bonds. The molecule has 0 saturated carbocycles. The number of halogens is 3. The van der Waals surface area contributed by atoms with Crippen molar-refractivity contribution in [1.82, 2.24) is 14.7 Å². The van der Waals surface area contributed by atoms with Gasteiger partial charge in [0.2, 0.25) is 0 Å². The van der Waals surface area contributed by atoms with Crippen molar-refractivity contribution in [2.75, 3.05) is 51.6 Å². The van der Waals surface area contributed by atoms with Gasteiger partial charge in [-0.2, -0.15) is 13.2 Å². The molecule has 38 heavy (non-hydrogen) atoms. The van der Waals surface area contributed by atoms with Gasteiger partial charge in [-0.05, 0) is 74.5 Å². The SMILES string of the molecule is CN1CCN(C(=O)C2(Oc3ccc(C(F)(F)F)cc3)CCCN(Cc3ccc(N/C=C\C=N)cc3)C2)CC1. The zero-order valence-electron chi connectivity index (χ0n) is 21.5. The number of alkyl halides is 3. The van der Waals surface area contributed by atoms with Gasteiger partial charge in [0.15, 0.2) is 5.60 Å². The van der Waals surface area contributed by atoms with Gasteiger partial charge in [-0.1, -0.05) is 12.1 Å². The number of allylic oxidation sites excluding steroid dienone is 1. The van der Waals surface area contributed by atoms with Crippen LogP contribution in [0.25, 0.3) is 0 Å². The largest absolute Gasteiger partial charge is 0.476 e. The number of ether oxygens (including phenoxy) is 1. The van der Waals surface area contributed by atoms with Gasteiger partial charge in [0.25, 0.3) is 5.91 Å². The first-order valence-corrected chi connectivity index (χ1v) is 12.8. The van der Waals surface area contributed by atoms with Crippen LogP contribution in [0.5, 0.6) is 5.75 Å². The number of rotatable bonds is 8. The molecule has 7 nitrogen and oxygen atoms in total. The maximum atomic E-state index is 13.9. The standard InChI is InChI=1S/C28H34F3N5O2/c1-34-16-18-36(19-17-34)26(37)27(38-25-10-6-23(7-11-25)28(29,30)31)12-2-15-35(21-27)20-22-4-8-24(9-5-22)33-14-3-13-32/h3-11,13-14,32-33H,2,12,15-21H2,1H3/b14-3-,32-13?. The fourth-order valence-corrected chi connectivity index (χ4v) is 4.94. The van der Waals surface area contributed by atoms with Gasteiger partial charge < -0.3 is 25.3 Å². The van der Waals surface area contributed by atoms with Crippen LogP contribution in [0.1, 0.15) is 24.0 Å². The highest BCUT2D eigenvalue weighted by Gasteiger charge is 2.47. The number of anilines is 1. The third-order valence-electron chi connectivity index (χ3n) is 7.01. The van der Waals surface area contributed by atoms with Crippen molar-refractivity contribution >= 4 is 17.8 Å². The lowest BCUT2D eigenvalue weighted by Gasteiger charge is -2.45. The van der Waals surface area contributed by atoms with Gasteiger partial charge in [0, 0.05) is 57.4 Å². The molecule has 0 aromatic heterocycles. The molecule has 2 saturated heterocycles. The first-order chi connectivity index (χ1) is 18.2. The minimum absolute atomic E-state index is 0.104. The Morgan fingerprint density at radius 1 is 1.05 bits per heavy atom. The van der Waals surface area contributed by atoms with Gasteiger partial charge in [-0.15, -0.1) is 0 Å². The topological polar surface area (TPSA) is 71.9 Å². The summed E-state index contributed by atoms with van der Waals surface area (Å²) in [7, 11) is 2.02. The highest BCUT2D eigenvalue weighted by Crippen LogP contribution is 2.34. The second kappa shape index (κ2) is 12.0. The van der Waals surface area contributed by atoms with E-state index in [1.807, 2.05) is 36.2 Å². The Balaban J connectivity index is 1.53. The van der Waals surface area contributed by atoms with E-state index in [1.165, 1.54) is 18.3 Å². The first kappa shape index (κ1) is 27.7. The summed E-state index contributed by atoms with van der Waals surface area (Å²) in [5.74, 6) is 0.156. The summed E-state index contributed by atoms with van der Waals surface area (Å²) in [6.45, 7) is 4.47. The monoisotopic (exact) mass is 529 g/mol. The zero-order chi connectivity index (χ0) is 27.2. The van der Waals surface area contributed by atoms with Crippen molar-refractivity contribution in [2.24, 2.45) is 0 Å². The van der Waals surface area contributed by atoms with Crippen molar-refractivity contribution < 1.29 is 22.7 Å². The summed E-state index contributed by atoms with van der Waals surface area (Å²) in [4.78, 5) is 20.1. The van der Waals surface area contributed by atoms with E-state index in [2.05, 4.69) is 15.1 Å². The van der Waals surface area contributed by atoms with Crippen molar-refractivity contribution in [3.05, 3.63) is 71.9 Å². The Kier molecular flexibility index (Phi) is 8.73. The summed E-state index contributed by atoms with van der Waals surface area (Å²) in [6.07, 6.45) is 1.26. The number of piperidine rings is 1. The Labute approximate surface area is 221 Å². The molecule has 2 fully saturated rings. The first-order valence-electron chi connectivity index (χ1n) is 12.8. The number of nitrogens with zero attached hydrogens (tertiary/aromatic N) is 3. The zero-order valence-corrected chi connectivity index (χ0v) is 21.5. The van der Waals surface area contributed by atoms with Crippen molar-refractivity contribution in [1.29, 1.82) is 5.41 Å². The van der Waals surface area contributed by atoms with E-state index in [0.717, 1.165) is 49.4 Å². The van der Waals surface area contributed by atoms with Crippen LogP contribution < -0.4 is 10.1 Å². The maximum Gasteiger partial charge on any atom is 0.416 e. The second-order valence-corrected chi connectivity index (χ2v) is 9.90. The molecule has 0 bridgehead atoms. The van der Waals surface area contributed by atoms with Crippen LogP contribution in [-0.2, 0) is 17.5 Å². The van der Waals surface area contributed by atoms with Crippen LogP contribution in [0.2, 0.25) is 0 Å². The van der Waals surface area contributed by atoms with Crippen molar-refractivity contribution in [3.8, 4) is 5.75 Å². The average Bonchev–Trinajstić information content (AvgIpc) is 2.90. The summed E-state index contributed by atoms with van der Waals surface area (Å²) in [5, 5.41) is 10.1. The molecule has 0 radical (unpaired) electrons. The third-order valence-corrected chi connectivity index (χ3v) is 7.01. The Bertz CT molecular complexity index is 1110. The molecule has 10 heteroatoms. The van der Waals surface area contributed by atoms with Gasteiger partial charge in [0.1, 0.15) is 5.75 Å². The van der Waals surface area contributed by atoms with E-state index < -0.39 is 17.3 Å². The molecule has 2 heterocycles. The lowest BCUT2D eigenvalue weighted by molar-refractivity contribution is -0.155. The molecule has 2 aromatic rings. The molecule has 0 spiro atoms.